The Morgan fingerprint density at radius 1 is 0.690 bits per heavy atom. The lowest BCUT2D eigenvalue weighted by atomic mass is 10.1. The first kappa shape index (κ1) is 19.8. The minimum Gasteiger partial charge on any atom is -0.273 e. The van der Waals surface area contributed by atoms with Crippen LogP contribution in [-0.4, -0.2) is 20.5 Å². The number of nitrogens with zero attached hydrogens (tertiary/aromatic N) is 3. The van der Waals surface area contributed by atoms with Crippen LogP contribution in [-0.2, 0) is 12.2 Å². The van der Waals surface area contributed by atoms with Gasteiger partial charge >= 0.3 is 0 Å². The van der Waals surface area contributed by atoms with Crippen molar-refractivity contribution >= 4 is 23.5 Å². The molecule has 146 valence electrons. The number of thioether (sulfide) groups is 2. The summed E-state index contributed by atoms with van der Waals surface area (Å²) in [7, 11) is 0. The first-order chi connectivity index (χ1) is 14.4. The van der Waals surface area contributed by atoms with Gasteiger partial charge in [0.2, 0.25) is 0 Å². The van der Waals surface area contributed by atoms with Crippen molar-refractivity contribution in [2.24, 2.45) is 0 Å². The zero-order valence-corrected chi connectivity index (χ0v) is 17.8. The molecule has 0 saturated heterocycles. The lowest BCUT2D eigenvalue weighted by molar-refractivity contribution is 0.858. The molecule has 0 spiro atoms. The number of aromatic nitrogens is 3. The zero-order valence-electron chi connectivity index (χ0n) is 16.1. The molecule has 0 N–H and O–H groups in total. The molecule has 3 nitrogen and oxygen atoms in total. The predicted molar refractivity (Wildman–Crippen MR) is 123 cm³/mol. The Morgan fingerprint density at radius 2 is 1.34 bits per heavy atom. The molecule has 4 rings (SSSR count). The molecule has 0 radical (unpaired) electrons. The van der Waals surface area contributed by atoms with E-state index in [0.717, 1.165) is 41.0 Å². The van der Waals surface area contributed by atoms with Crippen molar-refractivity contribution in [1.29, 1.82) is 0 Å². The highest BCUT2D eigenvalue weighted by Gasteiger charge is 2.14. The topological polar surface area (TPSA) is 30.7 Å². The standard InChI is InChI=1S/C24H23N3S2/c1-4-11-20(12-5-1)13-10-18-28-24-26-25-23(19-29-22-16-8-3-9-17-22)27(24)21-14-6-2-7-15-21/h1-9,11-12,14-17H,10,13,18-19H2. The van der Waals surface area contributed by atoms with Gasteiger partial charge in [-0.3, -0.25) is 4.57 Å². The number of para-hydroxylation sites is 1. The minimum absolute atomic E-state index is 0.788. The smallest absolute Gasteiger partial charge is 0.195 e. The fraction of sp³-hybridized carbons (Fsp3) is 0.167. The summed E-state index contributed by atoms with van der Waals surface area (Å²) in [5.41, 5.74) is 2.50. The van der Waals surface area contributed by atoms with Crippen LogP contribution in [0.15, 0.2) is 101 Å². The van der Waals surface area contributed by atoms with E-state index in [2.05, 4.69) is 93.6 Å². The second-order valence-corrected chi connectivity index (χ2v) is 8.72. The first-order valence-electron chi connectivity index (χ1n) is 9.74. The molecule has 0 aliphatic heterocycles. The Labute approximate surface area is 180 Å². The molecule has 0 unspecified atom stereocenters. The SMILES string of the molecule is c1ccc(CCCSc2nnc(CSc3ccccc3)n2-c2ccccc2)cc1. The number of rotatable bonds is 9. The Kier molecular flexibility index (Phi) is 7.05. The molecule has 5 heteroatoms. The summed E-state index contributed by atoms with van der Waals surface area (Å²) in [5, 5.41) is 9.99. The van der Waals surface area contributed by atoms with Crippen molar-refractivity contribution < 1.29 is 0 Å². The highest BCUT2D eigenvalue weighted by atomic mass is 32.2. The van der Waals surface area contributed by atoms with E-state index in [1.807, 2.05) is 12.1 Å². The van der Waals surface area contributed by atoms with Crippen LogP contribution in [0.5, 0.6) is 0 Å². The quantitative estimate of drug-likeness (QED) is 0.237. The van der Waals surface area contributed by atoms with Crippen molar-refractivity contribution in [1.82, 2.24) is 14.8 Å². The third-order valence-electron chi connectivity index (χ3n) is 4.51. The van der Waals surface area contributed by atoms with Gasteiger partial charge in [0, 0.05) is 16.3 Å². The van der Waals surface area contributed by atoms with Crippen LogP contribution in [0.25, 0.3) is 5.69 Å². The van der Waals surface area contributed by atoms with E-state index in [0.29, 0.717) is 0 Å². The van der Waals surface area contributed by atoms with E-state index in [1.54, 1.807) is 23.5 Å². The highest BCUT2D eigenvalue weighted by molar-refractivity contribution is 7.99. The van der Waals surface area contributed by atoms with Gasteiger partial charge in [-0.15, -0.1) is 22.0 Å². The molecule has 0 amide bonds. The molecule has 0 aliphatic rings. The van der Waals surface area contributed by atoms with Crippen LogP contribution in [0.2, 0.25) is 0 Å². The van der Waals surface area contributed by atoms with E-state index in [9.17, 15) is 0 Å². The molecular formula is C24H23N3S2. The highest BCUT2D eigenvalue weighted by Crippen LogP contribution is 2.27. The summed E-state index contributed by atoms with van der Waals surface area (Å²) < 4.78 is 2.20. The lowest BCUT2D eigenvalue weighted by Gasteiger charge is -2.10. The maximum absolute atomic E-state index is 4.52. The Balaban J connectivity index is 1.45. The Morgan fingerprint density at radius 3 is 2.07 bits per heavy atom. The molecule has 3 aromatic carbocycles. The molecule has 0 atom stereocenters. The summed E-state index contributed by atoms with van der Waals surface area (Å²) in [6.07, 6.45) is 2.20. The maximum atomic E-state index is 4.52. The molecule has 0 saturated carbocycles. The summed E-state index contributed by atoms with van der Waals surface area (Å²) in [6.45, 7) is 0. The number of benzene rings is 3. The van der Waals surface area contributed by atoms with Gasteiger partial charge in [-0.1, -0.05) is 78.5 Å². The molecule has 1 heterocycles. The number of aryl methyl sites for hydroxylation is 1. The van der Waals surface area contributed by atoms with E-state index >= 15 is 0 Å². The fourth-order valence-corrected chi connectivity index (χ4v) is 4.81. The van der Waals surface area contributed by atoms with Gasteiger partial charge in [0.05, 0.1) is 5.75 Å². The van der Waals surface area contributed by atoms with Crippen molar-refractivity contribution in [2.75, 3.05) is 5.75 Å². The van der Waals surface area contributed by atoms with Crippen LogP contribution >= 0.6 is 23.5 Å². The first-order valence-corrected chi connectivity index (χ1v) is 11.7. The average Bonchev–Trinajstić information content (AvgIpc) is 3.20. The zero-order chi connectivity index (χ0) is 19.7. The minimum atomic E-state index is 0.788. The largest absolute Gasteiger partial charge is 0.273 e. The molecular weight excluding hydrogens is 394 g/mol. The van der Waals surface area contributed by atoms with Gasteiger partial charge < -0.3 is 0 Å². The van der Waals surface area contributed by atoms with Crippen molar-refractivity contribution in [3.05, 3.63) is 102 Å². The maximum Gasteiger partial charge on any atom is 0.195 e. The second-order valence-electron chi connectivity index (χ2n) is 6.61. The molecule has 0 fully saturated rings. The second kappa shape index (κ2) is 10.3. The van der Waals surface area contributed by atoms with Crippen molar-refractivity contribution in [3.63, 3.8) is 0 Å². The van der Waals surface area contributed by atoms with Gasteiger partial charge in [0.15, 0.2) is 5.16 Å². The summed E-state index contributed by atoms with van der Waals surface area (Å²) in [5.74, 6) is 2.79. The van der Waals surface area contributed by atoms with Crippen LogP contribution in [0.1, 0.15) is 17.8 Å². The summed E-state index contributed by atoms with van der Waals surface area (Å²) in [4.78, 5) is 1.24. The molecule has 29 heavy (non-hydrogen) atoms. The monoisotopic (exact) mass is 417 g/mol. The van der Waals surface area contributed by atoms with E-state index in [-0.39, 0.29) is 0 Å². The average molecular weight is 418 g/mol. The normalized spacial score (nSPS) is 10.9. The van der Waals surface area contributed by atoms with Crippen molar-refractivity contribution in [3.8, 4) is 5.69 Å². The molecule has 0 aliphatic carbocycles. The lowest BCUT2D eigenvalue weighted by Crippen LogP contribution is -2.02. The third-order valence-corrected chi connectivity index (χ3v) is 6.53. The number of hydrogen-bond donors (Lipinski definition) is 0. The van der Waals surface area contributed by atoms with Crippen molar-refractivity contribution in [2.45, 2.75) is 28.6 Å². The van der Waals surface area contributed by atoms with Crippen LogP contribution in [0, 0.1) is 0 Å². The van der Waals surface area contributed by atoms with E-state index < -0.39 is 0 Å². The van der Waals surface area contributed by atoms with E-state index in [1.165, 1.54) is 10.5 Å². The van der Waals surface area contributed by atoms with Gasteiger partial charge in [-0.2, -0.15) is 0 Å². The molecule has 1 aromatic heterocycles. The van der Waals surface area contributed by atoms with Gasteiger partial charge in [-0.25, -0.2) is 0 Å². The van der Waals surface area contributed by atoms with Gasteiger partial charge in [0.25, 0.3) is 0 Å². The molecule has 0 bridgehead atoms. The fourth-order valence-electron chi connectivity index (χ4n) is 3.07. The summed E-state index contributed by atoms with van der Waals surface area (Å²) in [6, 6.07) is 31.5. The van der Waals surface area contributed by atoms with Crippen LogP contribution in [0.4, 0.5) is 0 Å². The Bertz CT molecular complexity index is 1000. The van der Waals surface area contributed by atoms with E-state index in [4.69, 9.17) is 0 Å². The van der Waals surface area contributed by atoms with Crippen LogP contribution < -0.4 is 0 Å². The van der Waals surface area contributed by atoms with Gasteiger partial charge in [0.1, 0.15) is 5.82 Å². The Hall–Kier alpha value is -2.50. The summed E-state index contributed by atoms with van der Waals surface area (Å²) >= 11 is 3.57. The van der Waals surface area contributed by atoms with Crippen LogP contribution in [0.3, 0.4) is 0 Å². The number of hydrogen-bond acceptors (Lipinski definition) is 4. The van der Waals surface area contributed by atoms with Gasteiger partial charge in [-0.05, 0) is 42.7 Å². The predicted octanol–water partition coefficient (Wildman–Crippen LogP) is 6.28. The third kappa shape index (κ3) is 5.52. The molecule has 4 aromatic rings.